The van der Waals surface area contributed by atoms with Crippen molar-refractivity contribution in [1.82, 2.24) is 4.90 Å². The van der Waals surface area contributed by atoms with Crippen LogP contribution in [0.1, 0.15) is 25.8 Å². The fraction of sp³-hybridized carbons (Fsp3) is 0.625. The molecule has 2 rings (SSSR count). The van der Waals surface area contributed by atoms with E-state index in [1.807, 2.05) is 6.92 Å². The molecule has 0 saturated carbocycles. The third-order valence-electron chi connectivity index (χ3n) is 3.99. The molecule has 0 aliphatic carbocycles. The van der Waals surface area contributed by atoms with Gasteiger partial charge < -0.3 is 15.2 Å². The van der Waals surface area contributed by atoms with Crippen molar-refractivity contribution in [3.8, 4) is 11.5 Å². The normalized spacial score (nSPS) is 21.8. The Kier molecular flexibility index (Phi) is 8.02. The van der Waals surface area contributed by atoms with E-state index in [9.17, 15) is 8.78 Å². The molecule has 1 aromatic carbocycles. The third-order valence-corrected chi connectivity index (χ3v) is 3.99. The number of ether oxygens (including phenoxy) is 2. The Bertz CT molecular complexity index is 491. The average molecular weight is 351 g/mol. The van der Waals surface area contributed by atoms with E-state index >= 15 is 0 Å². The summed E-state index contributed by atoms with van der Waals surface area (Å²) >= 11 is 0. The first-order valence-electron chi connectivity index (χ1n) is 7.68. The fourth-order valence-corrected chi connectivity index (χ4v) is 2.76. The zero-order valence-corrected chi connectivity index (χ0v) is 14.3. The summed E-state index contributed by atoms with van der Waals surface area (Å²) in [5.41, 5.74) is 7.05. The summed E-state index contributed by atoms with van der Waals surface area (Å²) in [6.07, 6.45) is 0.978. The zero-order chi connectivity index (χ0) is 16.1. The van der Waals surface area contributed by atoms with E-state index in [2.05, 4.69) is 16.6 Å². The highest BCUT2D eigenvalue weighted by Gasteiger charge is 2.23. The third kappa shape index (κ3) is 5.79. The second-order valence-electron chi connectivity index (χ2n) is 5.76. The number of benzene rings is 1. The minimum Gasteiger partial charge on any atom is -0.490 e. The molecule has 132 valence electrons. The number of hydrogen-bond acceptors (Lipinski definition) is 4. The van der Waals surface area contributed by atoms with Gasteiger partial charge >= 0.3 is 6.61 Å². The van der Waals surface area contributed by atoms with Gasteiger partial charge in [0, 0.05) is 19.1 Å². The topological polar surface area (TPSA) is 47.7 Å². The molecule has 1 heterocycles. The van der Waals surface area contributed by atoms with Crippen molar-refractivity contribution in [3.63, 3.8) is 0 Å². The quantitative estimate of drug-likeness (QED) is 0.855. The van der Waals surface area contributed by atoms with Crippen molar-refractivity contribution in [2.45, 2.75) is 39.5 Å². The minimum atomic E-state index is -2.85. The summed E-state index contributed by atoms with van der Waals surface area (Å²) in [6, 6.07) is 5.39. The molecule has 1 aliphatic heterocycles. The molecular formula is C16H25ClF2N2O2. The molecule has 0 bridgehead atoms. The highest BCUT2D eigenvalue weighted by Crippen LogP contribution is 2.30. The largest absolute Gasteiger partial charge is 0.490 e. The van der Waals surface area contributed by atoms with E-state index in [1.54, 1.807) is 18.2 Å². The van der Waals surface area contributed by atoms with E-state index in [0.29, 0.717) is 18.3 Å². The van der Waals surface area contributed by atoms with Crippen molar-refractivity contribution in [1.29, 1.82) is 0 Å². The zero-order valence-electron chi connectivity index (χ0n) is 13.5. The van der Waals surface area contributed by atoms with Gasteiger partial charge in [0.25, 0.3) is 0 Å². The first-order chi connectivity index (χ1) is 10.5. The Morgan fingerprint density at radius 2 is 2.09 bits per heavy atom. The van der Waals surface area contributed by atoms with Gasteiger partial charge in [0.05, 0.1) is 6.61 Å². The molecule has 2 N–H and O–H groups in total. The van der Waals surface area contributed by atoms with Crippen LogP contribution in [0.4, 0.5) is 8.78 Å². The van der Waals surface area contributed by atoms with Gasteiger partial charge in [-0.25, -0.2) is 0 Å². The summed E-state index contributed by atoms with van der Waals surface area (Å²) in [6.45, 7) is 4.17. The predicted octanol–water partition coefficient (Wildman–Crippen LogP) is 3.28. The van der Waals surface area contributed by atoms with Gasteiger partial charge in [-0.05, 0) is 43.5 Å². The molecular weight excluding hydrogens is 326 g/mol. The van der Waals surface area contributed by atoms with Crippen molar-refractivity contribution >= 4 is 12.4 Å². The van der Waals surface area contributed by atoms with Gasteiger partial charge in [-0.1, -0.05) is 13.0 Å². The summed E-state index contributed by atoms with van der Waals surface area (Å²) in [4.78, 5) is 2.33. The van der Waals surface area contributed by atoms with Gasteiger partial charge in [0.15, 0.2) is 11.5 Å². The maximum absolute atomic E-state index is 12.4. The monoisotopic (exact) mass is 350 g/mol. The number of halogens is 3. The lowest BCUT2D eigenvalue weighted by Gasteiger charge is -2.35. The molecule has 7 heteroatoms. The van der Waals surface area contributed by atoms with Crippen LogP contribution in [0, 0.1) is 5.92 Å². The first kappa shape index (κ1) is 19.9. The summed E-state index contributed by atoms with van der Waals surface area (Å²) in [5, 5.41) is 0. The standard InChI is InChI=1S/C16H24F2N2O2.ClH/c1-3-21-15-8-12(4-5-14(15)22-16(17)18)10-20-7-6-13(19)11(2)9-20;/h4-5,8,11,13,16H,3,6-7,9-10,19H2,1-2H3;1H. The molecule has 0 spiro atoms. The van der Waals surface area contributed by atoms with Crippen molar-refractivity contribution in [2.75, 3.05) is 19.7 Å². The molecule has 1 aromatic rings. The number of alkyl halides is 2. The lowest BCUT2D eigenvalue weighted by atomic mass is 9.94. The molecule has 23 heavy (non-hydrogen) atoms. The Morgan fingerprint density at radius 1 is 1.35 bits per heavy atom. The Labute approximate surface area is 142 Å². The summed E-state index contributed by atoms with van der Waals surface area (Å²) < 4.78 is 34.7. The van der Waals surface area contributed by atoms with Crippen LogP contribution >= 0.6 is 12.4 Å². The molecule has 2 unspecified atom stereocenters. The van der Waals surface area contributed by atoms with E-state index in [0.717, 1.165) is 31.6 Å². The Hall–Kier alpha value is -1.11. The second-order valence-corrected chi connectivity index (χ2v) is 5.76. The van der Waals surface area contributed by atoms with E-state index in [-0.39, 0.29) is 24.2 Å². The van der Waals surface area contributed by atoms with Crippen LogP contribution in [0.2, 0.25) is 0 Å². The van der Waals surface area contributed by atoms with Crippen LogP contribution in [0.15, 0.2) is 18.2 Å². The Morgan fingerprint density at radius 3 is 2.70 bits per heavy atom. The number of nitrogens with two attached hydrogens (primary N) is 1. The van der Waals surface area contributed by atoms with Crippen LogP contribution in [-0.4, -0.2) is 37.2 Å². The van der Waals surface area contributed by atoms with Crippen LogP contribution in [0.3, 0.4) is 0 Å². The first-order valence-corrected chi connectivity index (χ1v) is 7.68. The summed E-state index contributed by atoms with van der Waals surface area (Å²) in [7, 11) is 0. The van der Waals surface area contributed by atoms with E-state index < -0.39 is 6.61 Å². The average Bonchev–Trinajstić information content (AvgIpc) is 2.45. The van der Waals surface area contributed by atoms with Gasteiger partial charge in [-0.15, -0.1) is 12.4 Å². The number of rotatable bonds is 6. The van der Waals surface area contributed by atoms with Gasteiger partial charge in [0.2, 0.25) is 0 Å². The maximum atomic E-state index is 12.4. The highest BCUT2D eigenvalue weighted by molar-refractivity contribution is 5.85. The van der Waals surface area contributed by atoms with Crippen LogP contribution in [0.5, 0.6) is 11.5 Å². The highest BCUT2D eigenvalue weighted by atomic mass is 35.5. The van der Waals surface area contributed by atoms with Crippen LogP contribution in [-0.2, 0) is 6.54 Å². The number of hydrogen-bond donors (Lipinski definition) is 1. The molecule has 1 aliphatic rings. The van der Waals surface area contributed by atoms with E-state index in [1.165, 1.54) is 0 Å². The van der Waals surface area contributed by atoms with Gasteiger partial charge in [0.1, 0.15) is 0 Å². The van der Waals surface area contributed by atoms with Crippen molar-refractivity contribution in [2.24, 2.45) is 11.7 Å². The molecule has 0 radical (unpaired) electrons. The van der Waals surface area contributed by atoms with Gasteiger partial charge in [-0.3, -0.25) is 4.90 Å². The smallest absolute Gasteiger partial charge is 0.387 e. The predicted molar refractivity (Wildman–Crippen MR) is 88.5 cm³/mol. The van der Waals surface area contributed by atoms with Gasteiger partial charge in [-0.2, -0.15) is 8.78 Å². The molecule has 4 nitrogen and oxygen atoms in total. The second kappa shape index (κ2) is 9.25. The number of nitrogens with zero attached hydrogens (tertiary/aromatic N) is 1. The number of piperidine rings is 1. The Balaban J connectivity index is 0.00000264. The lowest BCUT2D eigenvalue weighted by molar-refractivity contribution is -0.0514. The number of likely N-dealkylation sites (tertiary alicyclic amines) is 1. The molecule has 1 saturated heterocycles. The minimum absolute atomic E-state index is 0. The molecule has 1 fully saturated rings. The van der Waals surface area contributed by atoms with E-state index in [4.69, 9.17) is 10.5 Å². The SMILES string of the molecule is CCOc1cc(CN2CCC(N)C(C)C2)ccc1OC(F)F.Cl. The van der Waals surface area contributed by atoms with Crippen LogP contribution in [0.25, 0.3) is 0 Å². The lowest BCUT2D eigenvalue weighted by Crippen LogP contribution is -2.45. The van der Waals surface area contributed by atoms with Crippen LogP contribution < -0.4 is 15.2 Å². The molecule has 0 aromatic heterocycles. The van der Waals surface area contributed by atoms with Crippen molar-refractivity contribution in [3.05, 3.63) is 23.8 Å². The maximum Gasteiger partial charge on any atom is 0.387 e. The summed E-state index contributed by atoms with van der Waals surface area (Å²) in [5.74, 6) is 0.901. The fourth-order valence-electron chi connectivity index (χ4n) is 2.76. The molecule has 2 atom stereocenters. The van der Waals surface area contributed by atoms with Crippen molar-refractivity contribution < 1.29 is 18.3 Å². The molecule has 0 amide bonds.